The molecule has 0 fully saturated rings. The van der Waals surface area contributed by atoms with Crippen LogP contribution in [0.5, 0.6) is 0 Å². The van der Waals surface area contributed by atoms with E-state index < -0.39 is 10.0 Å². The topological polar surface area (TPSA) is 71.1 Å². The lowest BCUT2D eigenvalue weighted by Crippen LogP contribution is -2.18. The van der Waals surface area contributed by atoms with Gasteiger partial charge in [0, 0.05) is 11.7 Å². The summed E-state index contributed by atoms with van der Waals surface area (Å²) in [7, 11) is -1.99. The molecule has 118 valence electrons. The molecule has 1 aromatic heterocycles. The number of hydrogen-bond acceptors (Lipinski definition) is 4. The Hall–Kier alpha value is -1.92. The van der Waals surface area contributed by atoms with Crippen LogP contribution in [0.4, 0.5) is 5.82 Å². The molecule has 5 nitrogen and oxygen atoms in total. The predicted molar refractivity (Wildman–Crippen MR) is 88.4 cm³/mol. The first-order chi connectivity index (χ1) is 10.3. The molecule has 1 aromatic carbocycles. The molecule has 2 N–H and O–H groups in total. The molecule has 1 atom stereocenters. The fourth-order valence-corrected chi connectivity index (χ4v) is 3.00. The average molecular weight is 319 g/mol. The summed E-state index contributed by atoms with van der Waals surface area (Å²) >= 11 is 0. The highest BCUT2D eigenvalue weighted by Crippen LogP contribution is 2.20. The summed E-state index contributed by atoms with van der Waals surface area (Å²) in [6, 6.07) is 10.9. The van der Waals surface area contributed by atoms with Crippen LogP contribution in [0.2, 0.25) is 0 Å². The van der Waals surface area contributed by atoms with Gasteiger partial charge >= 0.3 is 0 Å². The maximum atomic E-state index is 11.7. The molecule has 2 rings (SSSR count). The fourth-order valence-electron chi connectivity index (χ4n) is 2.27. The Morgan fingerprint density at radius 1 is 1.09 bits per heavy atom. The van der Waals surface area contributed by atoms with E-state index in [2.05, 4.69) is 15.0 Å². The number of sulfonamides is 1. The summed E-state index contributed by atoms with van der Waals surface area (Å²) in [5, 5.41) is 3.34. The number of hydrogen-bond donors (Lipinski definition) is 2. The Balaban J connectivity index is 2.18. The first kappa shape index (κ1) is 16.5. The molecule has 1 heterocycles. The third-order valence-corrected chi connectivity index (χ3v) is 4.85. The van der Waals surface area contributed by atoms with E-state index in [0.717, 1.165) is 22.6 Å². The van der Waals surface area contributed by atoms with Crippen LogP contribution in [0.25, 0.3) is 0 Å². The second kappa shape index (κ2) is 6.46. The molecule has 0 aliphatic carbocycles. The molecular weight excluding hydrogens is 298 g/mol. The number of aromatic nitrogens is 1. The maximum absolute atomic E-state index is 11.7. The Morgan fingerprint density at radius 2 is 1.73 bits per heavy atom. The molecule has 1 unspecified atom stereocenters. The van der Waals surface area contributed by atoms with Gasteiger partial charge in [-0.25, -0.2) is 18.1 Å². The molecule has 0 spiro atoms. The molecule has 0 aliphatic rings. The van der Waals surface area contributed by atoms with E-state index in [1.807, 2.05) is 45.0 Å². The van der Waals surface area contributed by atoms with E-state index in [-0.39, 0.29) is 10.9 Å². The highest BCUT2D eigenvalue weighted by atomic mass is 32.2. The maximum Gasteiger partial charge on any atom is 0.240 e. The normalized spacial score (nSPS) is 12.9. The van der Waals surface area contributed by atoms with Gasteiger partial charge in [-0.1, -0.05) is 12.1 Å². The zero-order valence-corrected chi connectivity index (χ0v) is 14.0. The highest BCUT2D eigenvalue weighted by molar-refractivity contribution is 7.89. The summed E-state index contributed by atoms with van der Waals surface area (Å²) in [4.78, 5) is 4.71. The molecule has 0 amide bonds. The molecule has 22 heavy (non-hydrogen) atoms. The largest absolute Gasteiger partial charge is 0.364 e. The van der Waals surface area contributed by atoms with Gasteiger partial charge in [0.2, 0.25) is 10.0 Å². The molecule has 0 aliphatic heterocycles. The van der Waals surface area contributed by atoms with Gasteiger partial charge in [-0.3, -0.25) is 0 Å². The second-order valence-corrected chi connectivity index (χ2v) is 7.20. The third kappa shape index (κ3) is 3.84. The molecule has 0 saturated heterocycles. The number of nitrogens with one attached hydrogen (secondary N) is 2. The van der Waals surface area contributed by atoms with Crippen molar-refractivity contribution in [2.75, 3.05) is 12.4 Å². The fraction of sp³-hybridized carbons (Fsp3) is 0.312. The Kier molecular flexibility index (Phi) is 4.83. The van der Waals surface area contributed by atoms with Crippen molar-refractivity contribution in [3.63, 3.8) is 0 Å². The number of aryl methyl sites for hydroxylation is 2. The molecule has 0 bridgehead atoms. The average Bonchev–Trinajstić information content (AvgIpc) is 2.46. The lowest BCUT2D eigenvalue weighted by Gasteiger charge is -2.16. The zero-order chi connectivity index (χ0) is 16.3. The predicted octanol–water partition coefficient (Wildman–Crippen LogP) is 2.78. The highest BCUT2D eigenvalue weighted by Gasteiger charge is 2.12. The van der Waals surface area contributed by atoms with Crippen molar-refractivity contribution >= 4 is 15.8 Å². The summed E-state index contributed by atoms with van der Waals surface area (Å²) in [6.07, 6.45) is 0. The van der Waals surface area contributed by atoms with Crippen molar-refractivity contribution in [2.24, 2.45) is 0 Å². The smallest absolute Gasteiger partial charge is 0.240 e. The third-order valence-electron chi connectivity index (χ3n) is 3.42. The van der Waals surface area contributed by atoms with Gasteiger partial charge in [-0.15, -0.1) is 0 Å². The number of nitrogens with zero attached hydrogens (tertiary/aromatic N) is 1. The van der Waals surface area contributed by atoms with Gasteiger partial charge in [0.05, 0.1) is 4.90 Å². The summed E-state index contributed by atoms with van der Waals surface area (Å²) in [5.41, 5.74) is 3.11. The van der Waals surface area contributed by atoms with Gasteiger partial charge in [-0.05, 0) is 63.2 Å². The van der Waals surface area contributed by atoms with Crippen molar-refractivity contribution in [1.82, 2.24) is 9.71 Å². The quantitative estimate of drug-likeness (QED) is 0.889. The summed E-state index contributed by atoms with van der Waals surface area (Å²) in [5.74, 6) is 0.817. The standard InChI is InChI=1S/C16H21N3O2S/c1-11-9-12(2)18-16(10-11)19-13(3)14-5-7-15(8-6-14)22(20,21)17-4/h5-10,13,17H,1-4H3,(H,18,19). The number of rotatable bonds is 5. The van der Waals surface area contributed by atoms with Crippen molar-refractivity contribution in [2.45, 2.75) is 31.7 Å². The number of benzene rings is 1. The summed E-state index contributed by atoms with van der Waals surface area (Å²) in [6.45, 7) is 6.00. The van der Waals surface area contributed by atoms with E-state index in [1.165, 1.54) is 7.05 Å². The van der Waals surface area contributed by atoms with Gasteiger partial charge in [-0.2, -0.15) is 0 Å². The summed E-state index contributed by atoms with van der Waals surface area (Å²) < 4.78 is 25.7. The van der Waals surface area contributed by atoms with Gasteiger partial charge in [0.15, 0.2) is 0 Å². The van der Waals surface area contributed by atoms with Gasteiger partial charge in [0.25, 0.3) is 0 Å². The van der Waals surface area contributed by atoms with E-state index in [9.17, 15) is 8.42 Å². The minimum Gasteiger partial charge on any atom is -0.364 e. The number of anilines is 1. The van der Waals surface area contributed by atoms with E-state index in [1.54, 1.807) is 12.1 Å². The van der Waals surface area contributed by atoms with Gasteiger partial charge < -0.3 is 5.32 Å². The van der Waals surface area contributed by atoms with E-state index in [4.69, 9.17) is 0 Å². The van der Waals surface area contributed by atoms with Crippen molar-refractivity contribution in [3.05, 3.63) is 53.2 Å². The van der Waals surface area contributed by atoms with Crippen LogP contribution >= 0.6 is 0 Å². The molecule has 2 aromatic rings. The van der Waals surface area contributed by atoms with Crippen LogP contribution in [0.15, 0.2) is 41.3 Å². The minimum atomic E-state index is -3.39. The first-order valence-corrected chi connectivity index (χ1v) is 8.55. The molecule has 0 radical (unpaired) electrons. The molecule has 0 saturated carbocycles. The van der Waals surface area contributed by atoms with Crippen molar-refractivity contribution < 1.29 is 8.42 Å². The SMILES string of the molecule is CNS(=O)(=O)c1ccc(C(C)Nc2cc(C)cc(C)n2)cc1. The Morgan fingerprint density at radius 3 is 2.27 bits per heavy atom. The van der Waals surface area contributed by atoms with E-state index >= 15 is 0 Å². The van der Waals surface area contributed by atoms with Crippen LogP contribution < -0.4 is 10.0 Å². The lowest BCUT2D eigenvalue weighted by molar-refractivity contribution is 0.588. The first-order valence-electron chi connectivity index (χ1n) is 7.07. The second-order valence-electron chi connectivity index (χ2n) is 5.31. The van der Waals surface area contributed by atoms with Gasteiger partial charge in [0.1, 0.15) is 5.82 Å². The van der Waals surface area contributed by atoms with Crippen LogP contribution in [0.1, 0.15) is 29.8 Å². The minimum absolute atomic E-state index is 0.0278. The number of pyridine rings is 1. The van der Waals surface area contributed by atoms with Crippen LogP contribution in [-0.2, 0) is 10.0 Å². The van der Waals surface area contributed by atoms with Crippen LogP contribution in [0, 0.1) is 13.8 Å². The Labute approximate surface area is 131 Å². The van der Waals surface area contributed by atoms with Crippen LogP contribution in [-0.4, -0.2) is 20.4 Å². The molecular formula is C16H21N3O2S. The Bertz CT molecular complexity index is 735. The zero-order valence-electron chi connectivity index (χ0n) is 13.2. The lowest BCUT2D eigenvalue weighted by atomic mass is 10.1. The van der Waals surface area contributed by atoms with Crippen molar-refractivity contribution in [1.29, 1.82) is 0 Å². The molecule has 6 heteroatoms. The monoisotopic (exact) mass is 319 g/mol. The van der Waals surface area contributed by atoms with Crippen LogP contribution in [0.3, 0.4) is 0 Å². The van der Waals surface area contributed by atoms with Crippen molar-refractivity contribution in [3.8, 4) is 0 Å². The van der Waals surface area contributed by atoms with E-state index in [0.29, 0.717) is 0 Å².